The zero-order valence-corrected chi connectivity index (χ0v) is 11.0. The zero-order valence-electron chi connectivity index (χ0n) is 11.0. The quantitative estimate of drug-likeness (QED) is 0.845. The Bertz CT molecular complexity index is 568. The minimum atomic E-state index is 0.481. The molecule has 1 aliphatic heterocycles. The SMILES string of the molecule is COc1ccnc(C[C@H]2COc3ccccc3C2)c1. The third-order valence-corrected chi connectivity index (χ3v) is 3.48. The Labute approximate surface area is 113 Å². The summed E-state index contributed by atoms with van der Waals surface area (Å²) in [6.45, 7) is 0.760. The van der Waals surface area contributed by atoms with Crippen LogP contribution in [0.3, 0.4) is 0 Å². The van der Waals surface area contributed by atoms with E-state index >= 15 is 0 Å². The number of nitrogens with zero attached hydrogens (tertiary/aromatic N) is 1. The molecule has 0 spiro atoms. The molecular formula is C16H17NO2. The Hall–Kier alpha value is -2.03. The molecule has 3 heteroatoms. The monoisotopic (exact) mass is 255 g/mol. The summed E-state index contributed by atoms with van der Waals surface area (Å²) in [5.74, 6) is 2.37. The predicted octanol–water partition coefficient (Wildman–Crippen LogP) is 2.88. The summed E-state index contributed by atoms with van der Waals surface area (Å²) in [4.78, 5) is 4.40. The summed E-state index contributed by atoms with van der Waals surface area (Å²) >= 11 is 0. The van der Waals surface area contributed by atoms with Crippen LogP contribution in [-0.2, 0) is 12.8 Å². The molecule has 0 aliphatic carbocycles. The molecule has 1 atom stereocenters. The topological polar surface area (TPSA) is 31.4 Å². The normalized spacial score (nSPS) is 17.4. The molecule has 19 heavy (non-hydrogen) atoms. The highest BCUT2D eigenvalue weighted by molar-refractivity contribution is 5.35. The smallest absolute Gasteiger partial charge is 0.122 e. The fourth-order valence-corrected chi connectivity index (χ4v) is 2.51. The lowest BCUT2D eigenvalue weighted by Gasteiger charge is -2.25. The van der Waals surface area contributed by atoms with Crippen molar-refractivity contribution in [3.63, 3.8) is 0 Å². The van der Waals surface area contributed by atoms with Gasteiger partial charge in [-0.25, -0.2) is 0 Å². The van der Waals surface area contributed by atoms with E-state index in [0.717, 1.165) is 36.6 Å². The van der Waals surface area contributed by atoms with E-state index in [0.29, 0.717) is 5.92 Å². The van der Waals surface area contributed by atoms with Crippen molar-refractivity contribution in [1.29, 1.82) is 0 Å². The number of para-hydroxylation sites is 1. The van der Waals surface area contributed by atoms with Crippen molar-refractivity contribution in [2.24, 2.45) is 5.92 Å². The van der Waals surface area contributed by atoms with Gasteiger partial charge in [-0.15, -0.1) is 0 Å². The van der Waals surface area contributed by atoms with Gasteiger partial charge in [0.05, 0.1) is 13.7 Å². The van der Waals surface area contributed by atoms with Crippen molar-refractivity contribution in [2.45, 2.75) is 12.8 Å². The van der Waals surface area contributed by atoms with Gasteiger partial charge in [0, 0.05) is 23.9 Å². The van der Waals surface area contributed by atoms with Crippen molar-refractivity contribution >= 4 is 0 Å². The Morgan fingerprint density at radius 3 is 3.11 bits per heavy atom. The number of fused-ring (bicyclic) bond motifs is 1. The van der Waals surface area contributed by atoms with E-state index in [-0.39, 0.29) is 0 Å². The summed E-state index contributed by atoms with van der Waals surface area (Å²) in [7, 11) is 1.68. The van der Waals surface area contributed by atoms with Gasteiger partial charge in [-0.2, -0.15) is 0 Å². The van der Waals surface area contributed by atoms with Crippen LogP contribution in [-0.4, -0.2) is 18.7 Å². The standard InChI is InChI=1S/C16H17NO2/c1-18-15-6-7-17-14(10-15)9-12-8-13-4-2-3-5-16(13)19-11-12/h2-7,10,12H,8-9,11H2,1H3/t12-/m0/s1. The molecule has 0 bridgehead atoms. The summed E-state index contributed by atoms with van der Waals surface area (Å²) < 4.78 is 11.0. The van der Waals surface area contributed by atoms with Crippen LogP contribution in [0.4, 0.5) is 0 Å². The van der Waals surface area contributed by atoms with Gasteiger partial charge in [-0.3, -0.25) is 4.98 Å². The van der Waals surface area contributed by atoms with Crippen LogP contribution in [0.5, 0.6) is 11.5 Å². The van der Waals surface area contributed by atoms with Crippen LogP contribution in [0.15, 0.2) is 42.6 Å². The second kappa shape index (κ2) is 5.31. The Morgan fingerprint density at radius 1 is 1.32 bits per heavy atom. The van der Waals surface area contributed by atoms with Gasteiger partial charge in [-0.05, 0) is 30.5 Å². The highest BCUT2D eigenvalue weighted by Crippen LogP contribution is 2.28. The maximum atomic E-state index is 5.81. The molecule has 1 aromatic heterocycles. The first-order chi connectivity index (χ1) is 9.35. The first kappa shape index (κ1) is 12.0. The third-order valence-electron chi connectivity index (χ3n) is 3.48. The number of rotatable bonds is 3. The number of pyridine rings is 1. The number of ether oxygens (including phenoxy) is 2. The Balaban J connectivity index is 1.71. The second-order valence-corrected chi connectivity index (χ2v) is 4.88. The van der Waals surface area contributed by atoms with Crippen LogP contribution in [0.25, 0.3) is 0 Å². The molecule has 0 radical (unpaired) electrons. The maximum absolute atomic E-state index is 5.81. The molecule has 0 saturated carbocycles. The van der Waals surface area contributed by atoms with E-state index < -0.39 is 0 Å². The van der Waals surface area contributed by atoms with Gasteiger partial charge in [0.15, 0.2) is 0 Å². The van der Waals surface area contributed by atoms with E-state index in [1.807, 2.05) is 24.3 Å². The van der Waals surface area contributed by atoms with E-state index in [9.17, 15) is 0 Å². The molecule has 0 N–H and O–H groups in total. The van der Waals surface area contributed by atoms with Gasteiger partial charge >= 0.3 is 0 Å². The van der Waals surface area contributed by atoms with Crippen LogP contribution in [0, 0.1) is 5.92 Å². The van der Waals surface area contributed by atoms with Gasteiger partial charge < -0.3 is 9.47 Å². The molecular weight excluding hydrogens is 238 g/mol. The average Bonchev–Trinajstić information content (AvgIpc) is 2.47. The molecule has 0 fully saturated rings. The summed E-state index contributed by atoms with van der Waals surface area (Å²) in [5.41, 5.74) is 2.36. The van der Waals surface area contributed by atoms with Crippen LogP contribution in [0.2, 0.25) is 0 Å². The lowest BCUT2D eigenvalue weighted by molar-refractivity contribution is 0.220. The van der Waals surface area contributed by atoms with Crippen LogP contribution < -0.4 is 9.47 Å². The van der Waals surface area contributed by atoms with E-state index in [2.05, 4.69) is 17.1 Å². The van der Waals surface area contributed by atoms with Gasteiger partial charge in [-0.1, -0.05) is 18.2 Å². The molecule has 1 aromatic carbocycles. The first-order valence-corrected chi connectivity index (χ1v) is 6.55. The lowest BCUT2D eigenvalue weighted by atomic mass is 9.92. The maximum Gasteiger partial charge on any atom is 0.122 e. The Kier molecular flexibility index (Phi) is 3.36. The summed E-state index contributed by atoms with van der Waals surface area (Å²) in [6, 6.07) is 12.1. The number of methoxy groups -OCH3 is 1. The molecule has 1 aliphatic rings. The highest BCUT2D eigenvalue weighted by atomic mass is 16.5. The molecule has 2 heterocycles. The predicted molar refractivity (Wildman–Crippen MR) is 73.6 cm³/mol. The zero-order chi connectivity index (χ0) is 13.1. The highest BCUT2D eigenvalue weighted by Gasteiger charge is 2.20. The summed E-state index contributed by atoms with van der Waals surface area (Å²) in [5, 5.41) is 0. The number of aromatic nitrogens is 1. The van der Waals surface area contributed by atoms with Gasteiger partial charge in [0.2, 0.25) is 0 Å². The van der Waals surface area contributed by atoms with Gasteiger partial charge in [0.1, 0.15) is 11.5 Å². The fourth-order valence-electron chi connectivity index (χ4n) is 2.51. The van der Waals surface area contributed by atoms with Crippen LogP contribution >= 0.6 is 0 Å². The lowest BCUT2D eigenvalue weighted by Crippen LogP contribution is -2.23. The number of hydrogen-bond acceptors (Lipinski definition) is 3. The minimum Gasteiger partial charge on any atom is -0.497 e. The fraction of sp³-hybridized carbons (Fsp3) is 0.312. The molecule has 0 saturated heterocycles. The van der Waals surface area contributed by atoms with Crippen molar-refractivity contribution in [1.82, 2.24) is 4.98 Å². The molecule has 2 aromatic rings. The number of hydrogen-bond donors (Lipinski definition) is 0. The molecule has 3 nitrogen and oxygen atoms in total. The van der Waals surface area contributed by atoms with Crippen molar-refractivity contribution in [3.8, 4) is 11.5 Å². The molecule has 0 unspecified atom stereocenters. The molecule has 98 valence electrons. The first-order valence-electron chi connectivity index (χ1n) is 6.55. The Morgan fingerprint density at radius 2 is 2.21 bits per heavy atom. The number of benzene rings is 1. The third kappa shape index (κ3) is 2.70. The summed E-state index contributed by atoms with van der Waals surface area (Å²) in [6.07, 6.45) is 3.77. The largest absolute Gasteiger partial charge is 0.497 e. The average molecular weight is 255 g/mol. The van der Waals surface area contributed by atoms with E-state index in [4.69, 9.17) is 9.47 Å². The van der Waals surface area contributed by atoms with Crippen molar-refractivity contribution in [2.75, 3.05) is 13.7 Å². The van der Waals surface area contributed by atoms with Crippen molar-refractivity contribution in [3.05, 3.63) is 53.9 Å². The van der Waals surface area contributed by atoms with Crippen molar-refractivity contribution < 1.29 is 9.47 Å². The van der Waals surface area contributed by atoms with Gasteiger partial charge in [0.25, 0.3) is 0 Å². The van der Waals surface area contributed by atoms with Crippen LogP contribution in [0.1, 0.15) is 11.3 Å². The molecule has 3 rings (SSSR count). The van der Waals surface area contributed by atoms with E-state index in [1.165, 1.54) is 5.56 Å². The molecule has 0 amide bonds. The van der Waals surface area contributed by atoms with E-state index in [1.54, 1.807) is 13.3 Å². The second-order valence-electron chi connectivity index (χ2n) is 4.88. The minimum absolute atomic E-state index is 0.481.